The van der Waals surface area contributed by atoms with E-state index in [4.69, 9.17) is 26.1 Å². The SMILES string of the molecule is COc1ccc2c(c1)C(c1ccc(Cl)cc1)=N[C@@H](CC(=O)NCC(C)(C)OCCC(C)(C)C(=O)O)c1nnc(C)n1-2. The number of nitrogens with zero attached hydrogens (tertiary/aromatic N) is 4. The van der Waals surface area contributed by atoms with E-state index in [1.165, 1.54) is 0 Å². The lowest BCUT2D eigenvalue weighted by atomic mass is 9.90. The van der Waals surface area contributed by atoms with Crippen molar-refractivity contribution in [3.8, 4) is 11.4 Å². The summed E-state index contributed by atoms with van der Waals surface area (Å²) >= 11 is 6.17. The maximum Gasteiger partial charge on any atom is 0.309 e. The van der Waals surface area contributed by atoms with E-state index in [-0.39, 0.29) is 25.5 Å². The topological polar surface area (TPSA) is 128 Å². The second-order valence-electron chi connectivity index (χ2n) is 11.4. The maximum absolute atomic E-state index is 13.3. The number of carboxylic acid groups (broad SMARTS) is 1. The Morgan fingerprint density at radius 2 is 1.80 bits per heavy atom. The number of rotatable bonds is 11. The summed E-state index contributed by atoms with van der Waals surface area (Å²) in [6.07, 6.45) is 0.382. The Morgan fingerprint density at radius 3 is 2.46 bits per heavy atom. The predicted octanol–water partition coefficient (Wildman–Crippen LogP) is 4.93. The second-order valence-corrected chi connectivity index (χ2v) is 11.8. The molecule has 1 aromatic heterocycles. The predicted molar refractivity (Wildman–Crippen MR) is 156 cm³/mol. The van der Waals surface area contributed by atoms with Gasteiger partial charge in [-0.1, -0.05) is 23.7 Å². The largest absolute Gasteiger partial charge is 0.497 e. The van der Waals surface area contributed by atoms with Crippen LogP contribution in [-0.4, -0.2) is 63.3 Å². The van der Waals surface area contributed by atoms with Gasteiger partial charge in [-0.05, 0) is 71.4 Å². The fourth-order valence-corrected chi connectivity index (χ4v) is 4.60. The lowest BCUT2D eigenvalue weighted by molar-refractivity contribution is -0.148. The minimum atomic E-state index is -0.895. The molecule has 1 atom stereocenters. The molecular weight excluding hydrogens is 546 g/mol. The maximum atomic E-state index is 13.3. The number of amides is 1. The van der Waals surface area contributed by atoms with Crippen LogP contribution < -0.4 is 10.1 Å². The summed E-state index contributed by atoms with van der Waals surface area (Å²) in [6, 6.07) is 12.5. The van der Waals surface area contributed by atoms with Crippen LogP contribution in [0, 0.1) is 12.3 Å². The monoisotopic (exact) mass is 581 g/mol. The number of aliphatic imine (C=N–C) groups is 1. The number of methoxy groups -OCH3 is 1. The van der Waals surface area contributed by atoms with Gasteiger partial charge in [-0.25, -0.2) is 0 Å². The minimum Gasteiger partial charge on any atom is -0.497 e. The second kappa shape index (κ2) is 12.0. The first kappa shape index (κ1) is 30.2. The van der Waals surface area contributed by atoms with Crippen molar-refractivity contribution < 1.29 is 24.2 Å². The number of halogens is 1. The molecule has 11 heteroatoms. The standard InChI is InChI=1S/C30H36ClN5O5/c1-18-34-35-27-23(16-25(37)32-17-30(4,5)41-14-13-29(2,3)28(38)39)33-26(19-7-9-20(31)10-8-19)22-15-21(40-6)11-12-24(22)36(18)27/h7-12,15,23H,13-14,16-17H2,1-6H3,(H,32,37)(H,38,39)/t23-/m0/s1. The number of nitrogens with one attached hydrogen (secondary N) is 1. The van der Waals surface area contributed by atoms with Crippen LogP contribution >= 0.6 is 11.6 Å². The molecular formula is C30H36ClN5O5. The Kier molecular flexibility index (Phi) is 8.84. The lowest BCUT2D eigenvalue weighted by Crippen LogP contribution is -2.41. The Morgan fingerprint density at radius 1 is 1.10 bits per heavy atom. The molecule has 0 aliphatic carbocycles. The molecule has 41 heavy (non-hydrogen) atoms. The average molecular weight is 582 g/mol. The summed E-state index contributed by atoms with van der Waals surface area (Å²) < 4.78 is 13.4. The molecule has 1 aliphatic heterocycles. The molecule has 3 aromatic rings. The van der Waals surface area contributed by atoms with Gasteiger partial charge in [0.1, 0.15) is 17.6 Å². The summed E-state index contributed by atoms with van der Waals surface area (Å²) in [6.45, 7) is 9.38. The summed E-state index contributed by atoms with van der Waals surface area (Å²) in [7, 11) is 1.61. The molecule has 0 unspecified atom stereocenters. The van der Waals surface area contributed by atoms with Crippen LogP contribution in [0.1, 0.15) is 69.4 Å². The molecule has 0 saturated heterocycles. The molecule has 2 heterocycles. The minimum absolute atomic E-state index is 0.0302. The van der Waals surface area contributed by atoms with Crippen molar-refractivity contribution >= 4 is 29.2 Å². The first-order valence-corrected chi connectivity index (χ1v) is 13.8. The van der Waals surface area contributed by atoms with Gasteiger partial charge < -0.3 is 19.9 Å². The lowest BCUT2D eigenvalue weighted by Gasteiger charge is -2.28. The molecule has 0 spiro atoms. The first-order chi connectivity index (χ1) is 19.3. The van der Waals surface area contributed by atoms with Gasteiger partial charge in [-0.3, -0.25) is 19.1 Å². The number of hydrogen-bond acceptors (Lipinski definition) is 7. The third kappa shape index (κ3) is 6.94. The molecule has 0 fully saturated rings. The number of carbonyl (C=O) groups is 2. The highest BCUT2D eigenvalue weighted by Crippen LogP contribution is 2.34. The van der Waals surface area contributed by atoms with Gasteiger partial charge in [0.05, 0.1) is 35.9 Å². The van der Waals surface area contributed by atoms with E-state index in [1.54, 1.807) is 33.1 Å². The molecule has 1 amide bonds. The number of carbonyl (C=O) groups excluding carboxylic acids is 1. The first-order valence-electron chi connectivity index (χ1n) is 13.4. The van der Waals surface area contributed by atoms with Crippen LogP contribution in [0.25, 0.3) is 5.69 Å². The molecule has 218 valence electrons. The van der Waals surface area contributed by atoms with E-state index in [2.05, 4.69) is 15.5 Å². The van der Waals surface area contributed by atoms with E-state index in [0.717, 1.165) is 16.8 Å². The zero-order chi connectivity index (χ0) is 29.9. The van der Waals surface area contributed by atoms with E-state index in [0.29, 0.717) is 34.6 Å². The van der Waals surface area contributed by atoms with Crippen molar-refractivity contribution in [3.63, 3.8) is 0 Å². The molecule has 2 N–H and O–H groups in total. The van der Waals surface area contributed by atoms with Crippen molar-refractivity contribution in [2.75, 3.05) is 20.3 Å². The van der Waals surface area contributed by atoms with Crippen molar-refractivity contribution in [2.45, 2.75) is 59.1 Å². The number of benzene rings is 2. The molecule has 0 radical (unpaired) electrons. The molecule has 10 nitrogen and oxygen atoms in total. The quantitative estimate of drug-likeness (QED) is 0.328. The highest BCUT2D eigenvalue weighted by atomic mass is 35.5. The number of hydrogen-bond donors (Lipinski definition) is 2. The Balaban J connectivity index is 1.59. The Bertz CT molecular complexity index is 1460. The van der Waals surface area contributed by atoms with Crippen molar-refractivity contribution in [1.29, 1.82) is 0 Å². The van der Waals surface area contributed by atoms with E-state index in [1.807, 2.05) is 55.7 Å². The summed E-state index contributed by atoms with van der Waals surface area (Å²) in [4.78, 5) is 29.7. The molecule has 1 aliphatic rings. The van der Waals surface area contributed by atoms with Crippen LogP contribution in [0.5, 0.6) is 5.75 Å². The highest BCUT2D eigenvalue weighted by Gasteiger charge is 2.31. The number of fused-ring (bicyclic) bond motifs is 3. The summed E-state index contributed by atoms with van der Waals surface area (Å²) in [5.41, 5.74) is 1.58. The van der Waals surface area contributed by atoms with Crippen LogP contribution in [0.3, 0.4) is 0 Å². The Hall–Kier alpha value is -3.76. The van der Waals surface area contributed by atoms with Gasteiger partial charge in [-0.15, -0.1) is 10.2 Å². The van der Waals surface area contributed by atoms with Crippen LogP contribution in [0.2, 0.25) is 5.02 Å². The third-order valence-corrected chi connectivity index (χ3v) is 7.39. The van der Waals surface area contributed by atoms with Gasteiger partial charge in [0, 0.05) is 29.3 Å². The van der Waals surface area contributed by atoms with Crippen LogP contribution in [-0.2, 0) is 14.3 Å². The van der Waals surface area contributed by atoms with Gasteiger partial charge in [0.2, 0.25) is 5.91 Å². The van der Waals surface area contributed by atoms with Crippen molar-refractivity contribution in [1.82, 2.24) is 20.1 Å². The summed E-state index contributed by atoms with van der Waals surface area (Å²) in [5.74, 6) is 0.788. The smallest absolute Gasteiger partial charge is 0.309 e. The zero-order valence-corrected chi connectivity index (χ0v) is 25.0. The zero-order valence-electron chi connectivity index (χ0n) is 24.2. The van der Waals surface area contributed by atoms with E-state index >= 15 is 0 Å². The van der Waals surface area contributed by atoms with Gasteiger partial charge in [0.25, 0.3) is 0 Å². The fourth-order valence-electron chi connectivity index (χ4n) is 4.48. The van der Waals surface area contributed by atoms with Crippen molar-refractivity contribution in [2.24, 2.45) is 10.4 Å². The van der Waals surface area contributed by atoms with Gasteiger partial charge in [0.15, 0.2) is 5.82 Å². The number of aromatic nitrogens is 3. The van der Waals surface area contributed by atoms with Crippen molar-refractivity contribution in [3.05, 3.63) is 70.3 Å². The molecule has 0 saturated carbocycles. The molecule has 0 bridgehead atoms. The molecule has 4 rings (SSSR count). The molecule has 2 aromatic carbocycles. The van der Waals surface area contributed by atoms with Crippen LogP contribution in [0.15, 0.2) is 47.5 Å². The summed E-state index contributed by atoms with van der Waals surface area (Å²) in [5, 5.41) is 21.6. The average Bonchev–Trinajstić information content (AvgIpc) is 3.24. The Labute approximate surface area is 244 Å². The number of carboxylic acids is 1. The fraction of sp³-hybridized carbons (Fsp3) is 0.433. The normalized spacial score (nSPS) is 14.9. The number of aryl methyl sites for hydroxylation is 1. The number of ether oxygens (including phenoxy) is 2. The van der Waals surface area contributed by atoms with E-state index < -0.39 is 23.0 Å². The van der Waals surface area contributed by atoms with E-state index in [9.17, 15) is 14.7 Å². The van der Waals surface area contributed by atoms with Gasteiger partial charge in [-0.2, -0.15) is 0 Å². The number of aliphatic carboxylic acids is 1. The highest BCUT2D eigenvalue weighted by molar-refractivity contribution is 6.30. The van der Waals surface area contributed by atoms with Crippen LogP contribution in [0.4, 0.5) is 0 Å². The third-order valence-electron chi connectivity index (χ3n) is 7.14. The van der Waals surface area contributed by atoms with Gasteiger partial charge >= 0.3 is 5.97 Å².